The van der Waals surface area contributed by atoms with E-state index in [1.165, 1.54) is 23.1 Å². The van der Waals surface area contributed by atoms with Crippen molar-refractivity contribution in [2.75, 3.05) is 11.9 Å². The molecule has 2 aromatic carbocycles. The van der Waals surface area contributed by atoms with E-state index >= 15 is 0 Å². The van der Waals surface area contributed by atoms with Crippen LogP contribution in [0.4, 0.5) is 10.1 Å². The van der Waals surface area contributed by atoms with Crippen LogP contribution in [0.2, 0.25) is 5.02 Å². The number of likely N-dealkylation sites (N-methyl/N-ethyl adjacent to an activating group) is 1. The molecule has 1 fully saturated rings. The van der Waals surface area contributed by atoms with Gasteiger partial charge in [-0.15, -0.1) is 0 Å². The van der Waals surface area contributed by atoms with Crippen molar-refractivity contribution in [2.24, 2.45) is 0 Å². The molecule has 9 heteroatoms. The molecule has 2 aliphatic rings. The Bertz CT molecular complexity index is 1100. The van der Waals surface area contributed by atoms with Gasteiger partial charge in [-0.3, -0.25) is 4.79 Å². The number of sulfonamides is 1. The smallest absolute Gasteiger partial charge is 0.245 e. The van der Waals surface area contributed by atoms with E-state index < -0.39 is 27.1 Å². The first-order chi connectivity index (χ1) is 13.7. The number of rotatable bonds is 5. The molecule has 1 N–H and O–H groups in total. The molecular weight excluding hydrogens is 419 g/mol. The third kappa shape index (κ3) is 3.84. The summed E-state index contributed by atoms with van der Waals surface area (Å²) in [4.78, 5) is 14.3. The van der Waals surface area contributed by atoms with Gasteiger partial charge in [0.25, 0.3) is 0 Å². The highest BCUT2D eigenvalue weighted by Gasteiger charge is 2.41. The molecule has 1 aliphatic carbocycles. The van der Waals surface area contributed by atoms with Crippen molar-refractivity contribution in [3.63, 3.8) is 0 Å². The minimum absolute atomic E-state index is 0.139. The maximum absolute atomic E-state index is 13.6. The zero-order valence-corrected chi connectivity index (χ0v) is 17.5. The summed E-state index contributed by atoms with van der Waals surface area (Å²) >= 11 is 6.13. The summed E-state index contributed by atoms with van der Waals surface area (Å²) in [6, 6.07) is 6.59. The number of nitrogens with one attached hydrogen (secondary N) is 1. The van der Waals surface area contributed by atoms with E-state index in [1.54, 1.807) is 7.05 Å². The molecule has 6 nitrogen and oxygen atoms in total. The van der Waals surface area contributed by atoms with E-state index in [0.29, 0.717) is 24.3 Å². The minimum atomic E-state index is -3.51. The number of fused-ring (bicyclic) bond motifs is 1. The molecule has 1 atom stereocenters. The van der Waals surface area contributed by atoms with Crippen molar-refractivity contribution in [1.29, 1.82) is 0 Å². The molecule has 0 radical (unpaired) electrons. The zero-order chi connectivity index (χ0) is 20.9. The van der Waals surface area contributed by atoms with Crippen molar-refractivity contribution < 1.29 is 22.3 Å². The van der Waals surface area contributed by atoms with Gasteiger partial charge < -0.3 is 9.64 Å². The second-order valence-electron chi connectivity index (χ2n) is 7.41. The van der Waals surface area contributed by atoms with Crippen molar-refractivity contribution >= 4 is 33.2 Å². The van der Waals surface area contributed by atoms with Crippen molar-refractivity contribution in [3.05, 3.63) is 52.3 Å². The topological polar surface area (TPSA) is 75.7 Å². The van der Waals surface area contributed by atoms with Crippen LogP contribution in [0.3, 0.4) is 0 Å². The highest BCUT2D eigenvalue weighted by molar-refractivity contribution is 7.90. The fourth-order valence-corrected chi connectivity index (χ4v) is 5.14. The number of hydrogen-bond acceptors (Lipinski definition) is 4. The number of aryl methyl sites for hydroxylation is 1. The Labute approximate surface area is 173 Å². The van der Waals surface area contributed by atoms with Gasteiger partial charge in [-0.2, -0.15) is 0 Å². The van der Waals surface area contributed by atoms with Crippen molar-refractivity contribution in [1.82, 2.24) is 4.72 Å². The van der Waals surface area contributed by atoms with E-state index in [1.807, 2.05) is 19.1 Å². The molecule has 0 spiro atoms. The van der Waals surface area contributed by atoms with Gasteiger partial charge in [-0.25, -0.2) is 17.5 Å². The molecule has 0 saturated heterocycles. The van der Waals surface area contributed by atoms with Crippen LogP contribution in [0.1, 0.15) is 24.0 Å². The molecule has 0 bridgehead atoms. The molecule has 1 amide bonds. The van der Waals surface area contributed by atoms with E-state index in [-0.39, 0.29) is 23.1 Å². The highest BCUT2D eigenvalue weighted by Crippen LogP contribution is 2.42. The van der Waals surface area contributed by atoms with Crippen LogP contribution < -0.4 is 14.4 Å². The van der Waals surface area contributed by atoms with E-state index in [2.05, 4.69) is 4.72 Å². The summed E-state index contributed by atoms with van der Waals surface area (Å²) in [6.45, 7) is 1.81. The van der Waals surface area contributed by atoms with Gasteiger partial charge in [0.05, 0.1) is 16.0 Å². The molecule has 4 rings (SSSR count). The number of hydrogen-bond donors (Lipinski definition) is 1. The molecule has 1 aliphatic heterocycles. The van der Waals surface area contributed by atoms with Gasteiger partial charge in [-0.05, 0) is 49.4 Å². The first-order valence-electron chi connectivity index (χ1n) is 9.21. The molecule has 154 valence electrons. The Kier molecular flexibility index (Phi) is 5.04. The molecule has 0 unspecified atom stereocenters. The molecule has 0 aromatic heterocycles. The van der Waals surface area contributed by atoms with Crippen LogP contribution >= 0.6 is 11.6 Å². The predicted octanol–water partition coefficient (Wildman–Crippen LogP) is 3.55. The van der Waals surface area contributed by atoms with E-state index in [0.717, 1.165) is 11.1 Å². The predicted molar refractivity (Wildman–Crippen MR) is 109 cm³/mol. The quantitative estimate of drug-likeness (QED) is 0.774. The van der Waals surface area contributed by atoms with Crippen LogP contribution in [0.15, 0.2) is 30.3 Å². The fourth-order valence-electron chi connectivity index (χ4n) is 3.46. The Morgan fingerprint density at radius 1 is 1.24 bits per heavy atom. The Hall–Kier alpha value is -2.16. The fraction of sp³-hybridized carbons (Fsp3) is 0.350. The zero-order valence-electron chi connectivity index (χ0n) is 15.9. The lowest BCUT2D eigenvalue weighted by Crippen LogP contribution is -2.52. The van der Waals surface area contributed by atoms with E-state index in [9.17, 15) is 17.6 Å². The maximum atomic E-state index is 13.6. The van der Waals surface area contributed by atoms with Gasteiger partial charge in [0.1, 0.15) is 17.6 Å². The monoisotopic (exact) mass is 438 g/mol. The summed E-state index contributed by atoms with van der Waals surface area (Å²) < 4.78 is 46.7. The number of benzene rings is 2. The lowest BCUT2D eigenvalue weighted by molar-refractivity contribution is -0.120. The summed E-state index contributed by atoms with van der Waals surface area (Å²) in [5, 5.41) is -0.169. The number of halogens is 2. The molecule has 1 saturated carbocycles. The maximum Gasteiger partial charge on any atom is 0.245 e. The van der Waals surface area contributed by atoms with Gasteiger partial charge in [0, 0.05) is 13.1 Å². The summed E-state index contributed by atoms with van der Waals surface area (Å²) in [7, 11) is -1.94. The SMILES string of the molecule is Cc1ccc2c(c1Oc1cc(F)ccc1Cl)N(C)C(=O)[C@H](NS(=O)(=O)C1CC1)C2. The summed E-state index contributed by atoms with van der Waals surface area (Å²) in [6.07, 6.45) is 1.44. The van der Waals surface area contributed by atoms with Gasteiger partial charge >= 0.3 is 0 Å². The lowest BCUT2D eigenvalue weighted by Gasteiger charge is -2.33. The second kappa shape index (κ2) is 7.27. The van der Waals surface area contributed by atoms with Crippen LogP contribution in [0.25, 0.3) is 0 Å². The molecule has 1 heterocycles. The summed E-state index contributed by atoms with van der Waals surface area (Å²) in [5.74, 6) is -0.344. The number of carbonyl (C=O) groups excluding carboxylic acids is 1. The Morgan fingerprint density at radius 2 is 1.97 bits per heavy atom. The van der Waals surface area contributed by atoms with Crippen LogP contribution in [0.5, 0.6) is 11.5 Å². The normalized spacial score (nSPS) is 19.2. The van der Waals surface area contributed by atoms with Crippen LogP contribution in [-0.2, 0) is 21.2 Å². The third-order valence-electron chi connectivity index (χ3n) is 5.18. The van der Waals surface area contributed by atoms with Gasteiger partial charge in [0.15, 0.2) is 5.75 Å². The average molecular weight is 439 g/mol. The minimum Gasteiger partial charge on any atom is -0.453 e. The van der Waals surface area contributed by atoms with Crippen LogP contribution in [0, 0.1) is 12.7 Å². The first-order valence-corrected chi connectivity index (χ1v) is 11.1. The average Bonchev–Trinajstić information content (AvgIpc) is 3.50. The van der Waals surface area contributed by atoms with E-state index in [4.69, 9.17) is 16.3 Å². The first kappa shape index (κ1) is 20.1. The number of nitrogens with zero attached hydrogens (tertiary/aromatic N) is 1. The van der Waals surface area contributed by atoms with Crippen molar-refractivity contribution in [3.8, 4) is 11.5 Å². The van der Waals surface area contributed by atoms with Crippen molar-refractivity contribution in [2.45, 2.75) is 37.5 Å². The Balaban J connectivity index is 1.70. The van der Waals surface area contributed by atoms with Gasteiger partial charge in [-0.1, -0.05) is 23.7 Å². The highest BCUT2D eigenvalue weighted by atomic mass is 35.5. The molecule has 29 heavy (non-hydrogen) atoms. The number of anilines is 1. The number of carbonyl (C=O) groups is 1. The number of ether oxygens (including phenoxy) is 1. The summed E-state index contributed by atoms with van der Waals surface area (Å²) in [5.41, 5.74) is 2.02. The number of amides is 1. The van der Waals surface area contributed by atoms with Crippen LogP contribution in [-0.4, -0.2) is 32.7 Å². The van der Waals surface area contributed by atoms with Gasteiger partial charge in [0.2, 0.25) is 15.9 Å². The largest absolute Gasteiger partial charge is 0.453 e. The standard InChI is InChI=1S/C20H20ClFN2O4S/c1-11-3-4-12-9-16(23-29(26,27)14-6-7-14)20(25)24(2)18(12)19(11)28-17-10-13(22)5-8-15(17)21/h3-5,8,10,14,16,23H,6-7,9H2,1-2H3/t16-/m1/s1. The third-order valence-corrected chi connectivity index (χ3v) is 7.45. The lowest BCUT2D eigenvalue weighted by atomic mass is 9.96. The molecule has 2 aromatic rings. The molecular formula is C20H20ClFN2O4S. The second-order valence-corrected chi connectivity index (χ2v) is 9.81. The Morgan fingerprint density at radius 3 is 2.66 bits per heavy atom.